The zero-order valence-corrected chi connectivity index (χ0v) is 21.3. The highest BCUT2D eigenvalue weighted by molar-refractivity contribution is 5.81. The summed E-state index contributed by atoms with van der Waals surface area (Å²) in [4.78, 5) is 30.5. The van der Waals surface area contributed by atoms with Gasteiger partial charge in [0.15, 0.2) is 0 Å². The Morgan fingerprint density at radius 3 is 2.24 bits per heavy atom. The van der Waals surface area contributed by atoms with Crippen LogP contribution in [0.1, 0.15) is 42.5 Å². The zero-order chi connectivity index (χ0) is 25.5. The van der Waals surface area contributed by atoms with Crippen molar-refractivity contribution in [3.05, 3.63) is 112 Å². The van der Waals surface area contributed by atoms with Crippen molar-refractivity contribution in [3.8, 4) is 0 Å². The third-order valence-corrected chi connectivity index (χ3v) is 7.72. The third-order valence-electron chi connectivity index (χ3n) is 7.72. The predicted molar refractivity (Wildman–Crippen MR) is 148 cm³/mol. The molecule has 1 fully saturated rings. The lowest BCUT2D eigenvalue weighted by molar-refractivity contribution is -0.126. The van der Waals surface area contributed by atoms with Gasteiger partial charge >= 0.3 is 0 Å². The van der Waals surface area contributed by atoms with Crippen LogP contribution in [0, 0.1) is 11.8 Å². The number of carbonyl (C=O) groups excluding carboxylic acids is 1. The van der Waals surface area contributed by atoms with E-state index in [2.05, 4.69) is 52.8 Å². The first kappa shape index (κ1) is 24.9. The highest BCUT2D eigenvalue weighted by Gasteiger charge is 2.27. The van der Waals surface area contributed by atoms with Crippen molar-refractivity contribution in [1.82, 2.24) is 14.9 Å². The molecule has 1 aliphatic carbocycles. The van der Waals surface area contributed by atoms with E-state index in [1.807, 2.05) is 34.9 Å². The highest BCUT2D eigenvalue weighted by atomic mass is 16.2. The number of nitrogens with one attached hydrogen (secondary N) is 1. The van der Waals surface area contributed by atoms with E-state index < -0.39 is 0 Å². The van der Waals surface area contributed by atoms with Crippen molar-refractivity contribution in [3.63, 3.8) is 0 Å². The molecule has 1 saturated carbocycles. The van der Waals surface area contributed by atoms with E-state index in [9.17, 15) is 9.59 Å². The molecule has 0 saturated heterocycles. The molecule has 0 aliphatic heterocycles. The molecule has 2 heterocycles. The van der Waals surface area contributed by atoms with Gasteiger partial charge in [-0.15, -0.1) is 0 Å². The van der Waals surface area contributed by atoms with Gasteiger partial charge in [-0.25, -0.2) is 0 Å². The second kappa shape index (κ2) is 12.0. The molecule has 1 amide bonds. The van der Waals surface area contributed by atoms with Crippen LogP contribution >= 0.6 is 0 Å². The maximum Gasteiger partial charge on any atom is 0.258 e. The van der Waals surface area contributed by atoms with E-state index in [0.717, 1.165) is 61.4 Å². The summed E-state index contributed by atoms with van der Waals surface area (Å²) in [6, 6.07) is 24.6. The number of pyridine rings is 2. The van der Waals surface area contributed by atoms with Gasteiger partial charge in [-0.05, 0) is 74.1 Å². The molecule has 2 aromatic carbocycles. The van der Waals surface area contributed by atoms with Crippen LogP contribution in [0.15, 0.2) is 90.0 Å². The van der Waals surface area contributed by atoms with Crippen molar-refractivity contribution in [2.45, 2.75) is 51.5 Å². The van der Waals surface area contributed by atoms with Gasteiger partial charge in [0.25, 0.3) is 5.56 Å². The summed E-state index contributed by atoms with van der Waals surface area (Å²) in [5.74, 6) is 0.651. The third kappa shape index (κ3) is 6.34. The topological polar surface area (TPSA) is 64.0 Å². The zero-order valence-electron chi connectivity index (χ0n) is 21.3. The van der Waals surface area contributed by atoms with E-state index in [1.165, 1.54) is 11.1 Å². The molecule has 5 rings (SSSR count). The maximum absolute atomic E-state index is 13.5. The fraction of sp³-hybridized carbons (Fsp3) is 0.344. The first-order chi connectivity index (χ1) is 18.2. The Kier molecular flexibility index (Phi) is 8.09. The quantitative estimate of drug-likeness (QED) is 0.342. The molecule has 0 atom stereocenters. The van der Waals surface area contributed by atoms with E-state index in [-0.39, 0.29) is 17.4 Å². The van der Waals surface area contributed by atoms with Crippen molar-refractivity contribution >= 4 is 16.7 Å². The number of amides is 1. The number of carbonyl (C=O) groups is 1. The van der Waals surface area contributed by atoms with Gasteiger partial charge in [-0.2, -0.15) is 0 Å². The first-order valence-electron chi connectivity index (χ1n) is 13.5. The number of hydrogen-bond donors (Lipinski definition) is 1. The number of benzene rings is 2. The Balaban J connectivity index is 1.22. The molecule has 1 N–H and O–H groups in total. The van der Waals surface area contributed by atoms with Gasteiger partial charge in [0.05, 0.1) is 5.39 Å². The van der Waals surface area contributed by atoms with Gasteiger partial charge in [0.2, 0.25) is 5.91 Å². The van der Waals surface area contributed by atoms with Crippen LogP contribution in [0.5, 0.6) is 0 Å². The number of aromatic nitrogens is 2. The first-order valence-corrected chi connectivity index (χ1v) is 13.5. The van der Waals surface area contributed by atoms with Gasteiger partial charge in [0.1, 0.15) is 0 Å². The summed E-state index contributed by atoms with van der Waals surface area (Å²) in [7, 11) is 0. The minimum absolute atomic E-state index is 0.0729. The highest BCUT2D eigenvalue weighted by Crippen LogP contribution is 2.30. The molecule has 0 bridgehead atoms. The van der Waals surface area contributed by atoms with Crippen LogP contribution in [-0.2, 0) is 30.6 Å². The van der Waals surface area contributed by atoms with E-state index >= 15 is 0 Å². The number of hydrogen-bond acceptors (Lipinski definition) is 3. The number of aryl methyl sites for hydroxylation is 2. The molecule has 1 aliphatic rings. The Morgan fingerprint density at radius 1 is 0.865 bits per heavy atom. The van der Waals surface area contributed by atoms with Crippen LogP contribution in [0.2, 0.25) is 0 Å². The van der Waals surface area contributed by atoms with Crippen molar-refractivity contribution in [2.75, 3.05) is 6.54 Å². The normalized spacial score (nSPS) is 17.5. The summed E-state index contributed by atoms with van der Waals surface area (Å²) < 4.78 is 2.00. The molecule has 4 aromatic rings. The molecular formula is C32H35N3O2. The lowest BCUT2D eigenvalue weighted by Gasteiger charge is -2.29. The smallest absolute Gasteiger partial charge is 0.258 e. The largest absolute Gasteiger partial charge is 0.356 e. The van der Waals surface area contributed by atoms with Crippen LogP contribution in [0.3, 0.4) is 0 Å². The Hall–Kier alpha value is -3.73. The van der Waals surface area contributed by atoms with Gasteiger partial charge in [0, 0.05) is 42.5 Å². The summed E-state index contributed by atoms with van der Waals surface area (Å²) in [5, 5.41) is 4.77. The van der Waals surface area contributed by atoms with Crippen molar-refractivity contribution in [2.24, 2.45) is 11.8 Å². The van der Waals surface area contributed by atoms with Gasteiger partial charge in [-0.1, -0.05) is 60.7 Å². The second-order valence-electron chi connectivity index (χ2n) is 10.2. The van der Waals surface area contributed by atoms with Crippen LogP contribution in [-0.4, -0.2) is 22.0 Å². The monoisotopic (exact) mass is 493 g/mol. The Bertz CT molecular complexity index is 1370. The summed E-state index contributed by atoms with van der Waals surface area (Å²) in [6.07, 6.45) is 9.74. The van der Waals surface area contributed by atoms with Crippen molar-refractivity contribution in [1.29, 1.82) is 0 Å². The molecule has 2 aromatic heterocycles. The second-order valence-corrected chi connectivity index (χ2v) is 10.2. The average Bonchev–Trinajstić information content (AvgIpc) is 2.95. The standard InChI is InChI=1S/C32H35N3O2/c36-31(34-20-17-25-9-5-2-6-10-25)27-14-11-26(12-15-27)23-35-29(16-13-24-7-3-1-4-8-24)21-28-22-33-19-18-30(28)32(35)37/h1-10,18-19,21-22,26-27H,11-17,20,23H2,(H,34,36). The Morgan fingerprint density at radius 2 is 1.54 bits per heavy atom. The van der Waals surface area contributed by atoms with E-state index in [4.69, 9.17) is 0 Å². The average molecular weight is 494 g/mol. The predicted octanol–water partition coefficient (Wildman–Crippen LogP) is 5.35. The lowest BCUT2D eigenvalue weighted by Crippen LogP contribution is -2.35. The molecule has 37 heavy (non-hydrogen) atoms. The molecular weight excluding hydrogens is 458 g/mol. The maximum atomic E-state index is 13.5. The molecule has 0 spiro atoms. The summed E-state index contributed by atoms with van der Waals surface area (Å²) in [5.41, 5.74) is 3.65. The minimum atomic E-state index is 0.0729. The SMILES string of the molecule is O=C(NCCc1ccccc1)C1CCC(Cn2c(CCc3ccccc3)cc3cnccc3c2=O)CC1. The van der Waals surface area contributed by atoms with Crippen LogP contribution in [0.4, 0.5) is 0 Å². The fourth-order valence-corrected chi connectivity index (χ4v) is 5.56. The number of rotatable bonds is 9. The number of fused-ring (bicyclic) bond motifs is 1. The molecule has 5 heteroatoms. The minimum Gasteiger partial charge on any atom is -0.356 e. The molecule has 0 unspecified atom stereocenters. The van der Waals surface area contributed by atoms with Crippen LogP contribution in [0.25, 0.3) is 10.8 Å². The summed E-state index contributed by atoms with van der Waals surface area (Å²) >= 11 is 0. The Labute approximate surface area is 218 Å². The van der Waals surface area contributed by atoms with E-state index in [0.29, 0.717) is 19.0 Å². The molecule has 190 valence electrons. The number of nitrogens with zero attached hydrogens (tertiary/aromatic N) is 2. The van der Waals surface area contributed by atoms with Crippen LogP contribution < -0.4 is 10.9 Å². The van der Waals surface area contributed by atoms with Gasteiger partial charge < -0.3 is 9.88 Å². The van der Waals surface area contributed by atoms with Crippen molar-refractivity contribution < 1.29 is 4.79 Å². The van der Waals surface area contributed by atoms with E-state index in [1.54, 1.807) is 12.4 Å². The summed E-state index contributed by atoms with van der Waals surface area (Å²) in [6.45, 7) is 1.39. The lowest BCUT2D eigenvalue weighted by atomic mass is 9.81. The van der Waals surface area contributed by atoms with Gasteiger partial charge in [-0.3, -0.25) is 14.6 Å². The molecule has 0 radical (unpaired) electrons. The molecule has 5 nitrogen and oxygen atoms in total. The fourth-order valence-electron chi connectivity index (χ4n) is 5.56.